The molecule has 41 heavy (non-hydrogen) atoms. The number of benzene rings is 2. The molecule has 0 spiro atoms. The van der Waals surface area contributed by atoms with Crippen LogP contribution in [0.4, 0.5) is 0 Å². The molecule has 1 fully saturated rings. The number of fused-ring (bicyclic) bond motifs is 10. The summed E-state index contributed by atoms with van der Waals surface area (Å²) >= 11 is 0. The first-order valence-corrected chi connectivity index (χ1v) is 14.0. The fourth-order valence-electron chi connectivity index (χ4n) is 7.10. The number of nitrogens with two attached hydrogens (primary N) is 1. The van der Waals surface area contributed by atoms with Crippen LogP contribution in [0.15, 0.2) is 48.8 Å². The predicted octanol–water partition coefficient (Wildman–Crippen LogP) is 5.16. The maximum absolute atomic E-state index is 13.4. The lowest BCUT2D eigenvalue weighted by molar-refractivity contribution is -0.136. The number of rotatable bonds is 5. The van der Waals surface area contributed by atoms with E-state index >= 15 is 0 Å². The number of ether oxygens (including phenoxy) is 1. The first-order valence-electron chi connectivity index (χ1n) is 14.0. The van der Waals surface area contributed by atoms with Crippen molar-refractivity contribution in [1.82, 2.24) is 19.8 Å². The highest BCUT2D eigenvalue weighted by Gasteiger charge is 2.45. The lowest BCUT2D eigenvalue weighted by Gasteiger charge is -2.25. The van der Waals surface area contributed by atoms with Crippen molar-refractivity contribution in [1.29, 1.82) is 0 Å². The van der Waals surface area contributed by atoms with Gasteiger partial charge in [0.25, 0.3) is 11.8 Å². The van der Waals surface area contributed by atoms with E-state index in [-0.39, 0.29) is 35.6 Å². The number of carbonyl (C=O) groups excluding carboxylic acids is 3. The van der Waals surface area contributed by atoms with Crippen LogP contribution in [0.3, 0.4) is 0 Å². The number of para-hydroxylation sites is 1. The van der Waals surface area contributed by atoms with Crippen LogP contribution in [0.1, 0.15) is 77.7 Å². The molecular formula is C32H33N5O4. The van der Waals surface area contributed by atoms with Gasteiger partial charge in [-0.25, -0.2) is 4.79 Å². The van der Waals surface area contributed by atoms with E-state index in [1.807, 2.05) is 57.2 Å². The second-order valence-corrected chi connectivity index (χ2v) is 10.3. The van der Waals surface area contributed by atoms with Gasteiger partial charge in [0.1, 0.15) is 5.70 Å². The van der Waals surface area contributed by atoms with Gasteiger partial charge >= 0.3 is 5.97 Å². The third-order valence-electron chi connectivity index (χ3n) is 8.45. The van der Waals surface area contributed by atoms with Crippen LogP contribution >= 0.6 is 0 Å². The topological polar surface area (TPSA) is 120 Å². The Morgan fingerprint density at radius 2 is 1.78 bits per heavy atom. The summed E-state index contributed by atoms with van der Waals surface area (Å²) in [5, 5.41) is 8.47. The number of hydrogen-bond donors (Lipinski definition) is 3. The summed E-state index contributed by atoms with van der Waals surface area (Å²) in [6.45, 7) is 10.1. The molecule has 4 N–H and O–H groups in total. The molecule has 2 aromatic carbocycles. The number of carbonyl (C=O) groups is 3. The Balaban J connectivity index is 0.00000148. The molecule has 2 bridgehead atoms. The number of allylic oxidation sites excluding steroid dienone is 1. The van der Waals surface area contributed by atoms with Crippen LogP contribution in [0.5, 0.6) is 0 Å². The second kappa shape index (κ2) is 9.69. The molecule has 4 aromatic rings. The number of amides is 2. The number of aromatic nitrogens is 2. The summed E-state index contributed by atoms with van der Waals surface area (Å²) in [6, 6.07) is 8.06. The zero-order valence-electron chi connectivity index (χ0n) is 23.6. The van der Waals surface area contributed by atoms with Gasteiger partial charge in [0.05, 0.1) is 35.3 Å². The molecule has 9 heteroatoms. The van der Waals surface area contributed by atoms with E-state index in [2.05, 4.69) is 32.4 Å². The van der Waals surface area contributed by atoms with Crippen molar-refractivity contribution < 1.29 is 19.1 Å². The number of esters is 1. The Hall–Kier alpha value is -4.79. The highest BCUT2D eigenvalue weighted by Crippen LogP contribution is 2.53. The monoisotopic (exact) mass is 551 g/mol. The summed E-state index contributed by atoms with van der Waals surface area (Å²) in [5.41, 5.74) is 11.4. The van der Waals surface area contributed by atoms with Gasteiger partial charge in [-0.15, -0.1) is 0 Å². The predicted molar refractivity (Wildman–Crippen MR) is 161 cm³/mol. The highest BCUT2D eigenvalue weighted by atomic mass is 16.5. The Morgan fingerprint density at radius 3 is 2.46 bits per heavy atom. The molecule has 1 saturated carbocycles. The molecule has 3 aliphatic rings. The van der Waals surface area contributed by atoms with Crippen LogP contribution in [0.25, 0.3) is 44.9 Å². The largest absolute Gasteiger partial charge is 0.464 e. The van der Waals surface area contributed by atoms with Crippen molar-refractivity contribution in [2.75, 3.05) is 7.11 Å². The van der Waals surface area contributed by atoms with E-state index in [1.54, 1.807) is 0 Å². The molecule has 4 heterocycles. The lowest BCUT2D eigenvalue weighted by Crippen LogP contribution is -2.32. The van der Waals surface area contributed by atoms with Gasteiger partial charge in [0, 0.05) is 51.2 Å². The Kier molecular flexibility index (Phi) is 6.25. The minimum atomic E-state index is -0.596. The third kappa shape index (κ3) is 3.44. The van der Waals surface area contributed by atoms with E-state index in [9.17, 15) is 14.4 Å². The zero-order valence-corrected chi connectivity index (χ0v) is 23.6. The third-order valence-corrected chi connectivity index (χ3v) is 8.45. The van der Waals surface area contributed by atoms with E-state index in [1.165, 1.54) is 13.3 Å². The van der Waals surface area contributed by atoms with Crippen molar-refractivity contribution in [3.63, 3.8) is 0 Å². The summed E-state index contributed by atoms with van der Waals surface area (Å²) in [6.07, 6.45) is 8.83. The molecule has 2 aromatic heterocycles. The van der Waals surface area contributed by atoms with E-state index in [0.717, 1.165) is 56.8 Å². The molecule has 0 saturated heterocycles. The molecule has 7 rings (SSSR count). The van der Waals surface area contributed by atoms with Crippen molar-refractivity contribution in [2.45, 2.75) is 51.7 Å². The number of hydrogen-bond acceptors (Lipinski definition) is 6. The summed E-state index contributed by atoms with van der Waals surface area (Å²) in [7, 11) is 1.30. The summed E-state index contributed by atoms with van der Waals surface area (Å²) < 4.78 is 9.39. The minimum Gasteiger partial charge on any atom is -0.464 e. The molecule has 2 aliphatic heterocycles. The molecule has 210 valence electrons. The summed E-state index contributed by atoms with van der Waals surface area (Å²) in [4.78, 5) is 38.6. The number of methoxy groups -OCH3 is 1. The van der Waals surface area contributed by atoms with Crippen LogP contribution in [0.2, 0.25) is 0 Å². The SMILES string of the molecule is C=Cc1c(/C=C\C)c2c3c(c4c5ccccc5n5c4c2n1C1CC5CC1N/C=C(\N)C(=O)OC)C(=O)NC3=O.CC. The molecule has 1 aliphatic carbocycles. The summed E-state index contributed by atoms with van der Waals surface area (Å²) in [5.74, 6) is -1.34. The molecule has 9 nitrogen and oxygen atoms in total. The van der Waals surface area contributed by atoms with Crippen molar-refractivity contribution in [2.24, 2.45) is 5.73 Å². The highest BCUT2D eigenvalue weighted by molar-refractivity contribution is 6.37. The lowest BCUT2D eigenvalue weighted by atomic mass is 9.95. The van der Waals surface area contributed by atoms with Gasteiger partial charge in [-0.1, -0.05) is 50.8 Å². The van der Waals surface area contributed by atoms with Gasteiger partial charge in [-0.3, -0.25) is 14.9 Å². The van der Waals surface area contributed by atoms with Crippen LogP contribution < -0.4 is 16.4 Å². The Labute approximate surface area is 237 Å². The van der Waals surface area contributed by atoms with Gasteiger partial charge in [-0.05, 0) is 31.9 Å². The maximum Gasteiger partial charge on any atom is 0.355 e. The van der Waals surface area contributed by atoms with Gasteiger partial charge < -0.3 is 24.9 Å². The van der Waals surface area contributed by atoms with Gasteiger partial charge in [0.15, 0.2) is 0 Å². The van der Waals surface area contributed by atoms with Crippen molar-refractivity contribution in [3.05, 3.63) is 71.2 Å². The van der Waals surface area contributed by atoms with Crippen LogP contribution in [-0.2, 0) is 9.53 Å². The average molecular weight is 552 g/mol. The van der Waals surface area contributed by atoms with Gasteiger partial charge in [-0.2, -0.15) is 0 Å². The molecule has 3 atom stereocenters. The minimum absolute atomic E-state index is 0.00447. The van der Waals surface area contributed by atoms with Gasteiger partial charge in [0.2, 0.25) is 0 Å². The van der Waals surface area contributed by atoms with Crippen LogP contribution in [0, 0.1) is 0 Å². The smallest absolute Gasteiger partial charge is 0.355 e. The Morgan fingerprint density at radius 1 is 1.10 bits per heavy atom. The zero-order chi connectivity index (χ0) is 29.2. The normalized spacial score (nSPS) is 20.9. The van der Waals surface area contributed by atoms with E-state index < -0.39 is 5.97 Å². The average Bonchev–Trinajstić information content (AvgIpc) is 3.69. The number of imide groups is 1. The second-order valence-electron chi connectivity index (χ2n) is 10.3. The maximum atomic E-state index is 13.4. The number of nitrogens with one attached hydrogen (secondary N) is 2. The fraction of sp³-hybridized carbons (Fsp3) is 0.281. The first-order chi connectivity index (χ1) is 19.9. The molecule has 2 amide bonds. The Bertz CT molecular complexity index is 1870. The van der Waals surface area contributed by atoms with Crippen molar-refractivity contribution in [3.8, 4) is 0 Å². The van der Waals surface area contributed by atoms with Crippen LogP contribution in [-0.4, -0.2) is 40.1 Å². The van der Waals surface area contributed by atoms with E-state index in [4.69, 9.17) is 10.5 Å². The quantitative estimate of drug-likeness (QED) is 0.179. The first kappa shape index (κ1) is 26.4. The fourth-order valence-corrected chi connectivity index (χ4v) is 7.10. The molecule has 0 radical (unpaired) electrons. The van der Waals surface area contributed by atoms with Crippen molar-refractivity contribution >= 4 is 62.6 Å². The van der Waals surface area contributed by atoms with E-state index in [0.29, 0.717) is 11.1 Å². The standard InChI is InChI=1S/C30H27N5O4.C2H6/c1-4-8-15-19(5-2)35-21-12-14(11-18(21)32-13-17(31)30(38)39-3)34-20-10-7-6-9-16(20)23-25-24(28(36)33-29(25)37)22(15)27(35)26(23)34;1-2/h4-10,13-14,18,21,32H,2,11-12,31H2,1,3H3,(H,33,36,37);1-2H3/b8-4-,17-13-;. The molecule has 3 unspecified atom stereocenters. The number of nitrogens with zero attached hydrogens (tertiary/aromatic N) is 2. The molecular weight excluding hydrogens is 518 g/mol.